The molecule has 0 radical (unpaired) electrons. The van der Waals surface area contributed by atoms with Crippen LogP contribution in [0.5, 0.6) is 11.5 Å². The molecule has 57 heavy (non-hydrogen) atoms. The molecule has 1 N–H and O–H groups in total. The van der Waals surface area contributed by atoms with Gasteiger partial charge in [0.15, 0.2) is 0 Å². The number of ether oxygens (including phenoxy) is 3. The van der Waals surface area contributed by atoms with Crippen LogP contribution in [0.1, 0.15) is 59.3 Å². The highest BCUT2D eigenvalue weighted by atomic mass is 79.9. The highest BCUT2D eigenvalue weighted by Gasteiger charge is 2.14. The third-order valence-corrected chi connectivity index (χ3v) is 10.6. The van der Waals surface area contributed by atoms with Crippen LogP contribution in [-0.4, -0.2) is 28.5 Å². The molecular weight excluding hydrogens is 930 g/mol. The van der Waals surface area contributed by atoms with Crippen LogP contribution in [0, 0.1) is 11.6 Å². The molecule has 8 nitrogen and oxygen atoms in total. The lowest BCUT2D eigenvalue weighted by Gasteiger charge is -2.17. The molecule has 0 bridgehead atoms. The van der Waals surface area contributed by atoms with E-state index in [2.05, 4.69) is 47.8 Å². The van der Waals surface area contributed by atoms with Crippen LogP contribution in [0.25, 0.3) is 0 Å². The quantitative estimate of drug-likeness (QED) is 0.123. The Labute approximate surface area is 356 Å². The van der Waals surface area contributed by atoms with E-state index in [-0.39, 0.29) is 41.4 Å². The molecule has 0 amide bonds. The van der Waals surface area contributed by atoms with E-state index in [1.54, 1.807) is 67.6 Å². The fraction of sp³-hybridized carbons (Fsp3) is 0.227. The lowest BCUT2D eigenvalue weighted by Crippen LogP contribution is -2.25. The highest BCUT2D eigenvalue weighted by molar-refractivity contribution is 9.10. The van der Waals surface area contributed by atoms with Crippen LogP contribution < -0.4 is 20.6 Å². The predicted molar refractivity (Wildman–Crippen MR) is 230 cm³/mol. The fourth-order valence-corrected chi connectivity index (χ4v) is 6.88. The summed E-state index contributed by atoms with van der Waals surface area (Å²) >= 11 is 9.89. The minimum atomic E-state index is -0.311. The molecule has 0 aliphatic rings. The Kier molecular flexibility index (Phi) is 17.9. The zero-order chi connectivity index (χ0) is 41.5. The number of aliphatic hydroxyl groups excluding tert-OH is 1. The van der Waals surface area contributed by atoms with E-state index < -0.39 is 0 Å². The van der Waals surface area contributed by atoms with E-state index in [4.69, 9.17) is 14.2 Å². The van der Waals surface area contributed by atoms with Gasteiger partial charge in [0.1, 0.15) is 23.1 Å². The number of methoxy groups -OCH3 is 2. The lowest BCUT2D eigenvalue weighted by molar-refractivity contribution is 0.106. The Hall–Kier alpha value is -4.40. The molecule has 0 fully saturated rings. The monoisotopic (exact) mass is 970 g/mol. The molecule has 0 aliphatic carbocycles. The van der Waals surface area contributed by atoms with Crippen molar-refractivity contribution in [1.29, 1.82) is 0 Å². The number of rotatable bonds is 12. The van der Waals surface area contributed by atoms with Crippen molar-refractivity contribution in [3.05, 3.63) is 196 Å². The molecular formula is C44H43Br3F2N2O6. The van der Waals surface area contributed by atoms with Crippen molar-refractivity contribution >= 4 is 47.8 Å². The molecule has 0 spiro atoms. The Morgan fingerprint density at radius 2 is 0.982 bits per heavy atom. The van der Waals surface area contributed by atoms with Crippen LogP contribution in [0.2, 0.25) is 0 Å². The summed E-state index contributed by atoms with van der Waals surface area (Å²) in [5.41, 5.74) is 5.16. The molecule has 2 atom stereocenters. The first-order valence-corrected chi connectivity index (χ1v) is 20.4. The molecule has 4 aromatic carbocycles. The van der Waals surface area contributed by atoms with Crippen molar-refractivity contribution in [2.45, 2.75) is 51.1 Å². The van der Waals surface area contributed by atoms with Crippen molar-refractivity contribution in [3.8, 4) is 11.5 Å². The van der Waals surface area contributed by atoms with Gasteiger partial charge in [-0.1, -0.05) is 64.5 Å². The maximum absolute atomic E-state index is 13.2. The van der Waals surface area contributed by atoms with Crippen molar-refractivity contribution in [2.75, 3.05) is 14.2 Å². The first kappa shape index (κ1) is 45.3. The first-order valence-electron chi connectivity index (χ1n) is 17.7. The molecule has 6 rings (SSSR count). The maximum Gasteiger partial charge on any atom is 0.265 e. The van der Waals surface area contributed by atoms with Crippen LogP contribution in [0.4, 0.5) is 8.78 Å². The number of alkyl halides is 1. The maximum atomic E-state index is 13.2. The van der Waals surface area contributed by atoms with Gasteiger partial charge >= 0.3 is 0 Å². The minimum absolute atomic E-state index is 0.143. The number of nitrogens with zero attached hydrogens (tertiary/aromatic N) is 2. The normalized spacial score (nSPS) is 11.7. The summed E-state index contributed by atoms with van der Waals surface area (Å²) < 4.78 is 46.0. The van der Waals surface area contributed by atoms with Crippen LogP contribution in [-0.2, 0) is 29.9 Å². The fourth-order valence-electron chi connectivity index (χ4n) is 5.51. The zero-order valence-electron chi connectivity index (χ0n) is 31.8. The summed E-state index contributed by atoms with van der Waals surface area (Å²) in [4.78, 5) is 24.6. The summed E-state index contributed by atoms with van der Waals surface area (Å²) in [6.07, 6.45) is 3.40. The number of hydrogen-bond donors (Lipinski definition) is 1. The molecule has 0 saturated heterocycles. The second-order valence-electron chi connectivity index (χ2n) is 12.8. The van der Waals surface area contributed by atoms with Gasteiger partial charge in [-0.3, -0.25) is 9.59 Å². The number of aliphatic hydroxyl groups is 1. The molecule has 0 unspecified atom stereocenters. The first-order chi connectivity index (χ1) is 27.4. The van der Waals surface area contributed by atoms with E-state index in [9.17, 15) is 23.5 Å². The molecule has 13 heteroatoms. The summed E-state index contributed by atoms with van der Waals surface area (Å²) in [6.45, 7) is 4.43. The SMILES string of the molecule is COc1ccc(CBr)cc1.COc1ccc(COCc2cc(Br)c(=O)n([C@@H](C)c3ccc(F)cc3)c2)cc1.C[C@@H](c1ccc(F)cc1)n1cc(CO)cc(Br)c1=O. The largest absolute Gasteiger partial charge is 0.497 e. The number of pyridine rings is 2. The summed E-state index contributed by atoms with van der Waals surface area (Å²) in [5, 5.41) is 10.1. The average Bonchev–Trinajstić information content (AvgIpc) is 3.23. The van der Waals surface area contributed by atoms with E-state index in [1.165, 1.54) is 34.4 Å². The van der Waals surface area contributed by atoms with Gasteiger partial charge in [0.25, 0.3) is 11.1 Å². The van der Waals surface area contributed by atoms with Gasteiger partial charge in [-0.15, -0.1) is 0 Å². The summed E-state index contributed by atoms with van der Waals surface area (Å²) in [5.74, 6) is 1.10. The Morgan fingerprint density at radius 3 is 1.39 bits per heavy atom. The standard InChI is InChI=1S/C22H21BrFNO3.C14H13BrFNO2.C8H9BrO/c1-15(18-5-7-19(24)8-6-18)25-12-17(11-21(23)22(25)26)14-28-13-16-3-9-20(27-2)10-4-16;1-9(11-2-4-12(16)5-3-11)17-7-10(8-18)6-13(15)14(17)19;1-10-8-4-2-7(6-9)3-5-8/h3-12,15H,13-14H2,1-2H3;2-7,9,18H,8H2,1H3;2-5H,6H2,1H3/t15-;9-;/m00./s1. The van der Waals surface area contributed by atoms with Gasteiger partial charge in [-0.25, -0.2) is 8.78 Å². The molecule has 300 valence electrons. The second-order valence-corrected chi connectivity index (χ2v) is 15.0. The van der Waals surface area contributed by atoms with Crippen molar-refractivity contribution in [1.82, 2.24) is 9.13 Å². The molecule has 2 heterocycles. The number of halogens is 5. The van der Waals surface area contributed by atoms with Crippen molar-refractivity contribution in [3.63, 3.8) is 0 Å². The van der Waals surface area contributed by atoms with Gasteiger partial charge in [0, 0.05) is 17.7 Å². The predicted octanol–water partition coefficient (Wildman–Crippen LogP) is 10.5. The Balaban J connectivity index is 0.000000213. The molecule has 0 aliphatic heterocycles. The minimum Gasteiger partial charge on any atom is -0.497 e. The zero-order valence-corrected chi connectivity index (χ0v) is 36.6. The number of hydrogen-bond acceptors (Lipinski definition) is 6. The molecule has 0 saturated carbocycles. The summed E-state index contributed by atoms with van der Waals surface area (Å²) in [7, 11) is 3.30. The van der Waals surface area contributed by atoms with Crippen LogP contribution in [0.15, 0.2) is 140 Å². The second kappa shape index (κ2) is 22.5. The molecule has 6 aromatic rings. The Bertz CT molecular complexity index is 2260. The topological polar surface area (TPSA) is 91.9 Å². The van der Waals surface area contributed by atoms with Crippen LogP contribution >= 0.6 is 47.8 Å². The van der Waals surface area contributed by atoms with E-state index in [0.29, 0.717) is 27.7 Å². The number of benzene rings is 4. The molecule has 2 aromatic heterocycles. The summed E-state index contributed by atoms with van der Waals surface area (Å²) in [6, 6.07) is 30.7. The lowest BCUT2D eigenvalue weighted by atomic mass is 10.1. The van der Waals surface area contributed by atoms with Crippen molar-refractivity contribution in [2.24, 2.45) is 0 Å². The third kappa shape index (κ3) is 13.3. The number of aromatic nitrogens is 2. The highest BCUT2D eigenvalue weighted by Crippen LogP contribution is 2.21. The average molecular weight is 974 g/mol. The van der Waals surface area contributed by atoms with E-state index >= 15 is 0 Å². The third-order valence-electron chi connectivity index (χ3n) is 8.84. The van der Waals surface area contributed by atoms with Crippen molar-refractivity contribution < 1.29 is 28.1 Å². The van der Waals surface area contributed by atoms with E-state index in [1.807, 2.05) is 62.4 Å². The smallest absolute Gasteiger partial charge is 0.265 e. The van der Waals surface area contributed by atoms with E-state index in [0.717, 1.165) is 39.1 Å². The van der Waals surface area contributed by atoms with Gasteiger partial charge in [0.2, 0.25) is 0 Å². The Morgan fingerprint density at radius 1 is 0.596 bits per heavy atom. The van der Waals surface area contributed by atoms with Gasteiger partial charge < -0.3 is 28.5 Å². The van der Waals surface area contributed by atoms with Gasteiger partial charge in [0.05, 0.1) is 55.1 Å². The van der Waals surface area contributed by atoms with Gasteiger partial charge in [-0.05, 0) is 140 Å². The van der Waals surface area contributed by atoms with Crippen LogP contribution in [0.3, 0.4) is 0 Å². The van der Waals surface area contributed by atoms with Gasteiger partial charge in [-0.2, -0.15) is 0 Å².